The summed E-state index contributed by atoms with van der Waals surface area (Å²) in [6, 6.07) is 14.7. The Labute approximate surface area is 182 Å². The third-order valence-corrected chi connectivity index (χ3v) is 6.23. The van der Waals surface area contributed by atoms with Gasteiger partial charge in [-0.15, -0.1) is 10.2 Å². The Morgan fingerprint density at radius 2 is 2.10 bits per heavy atom. The number of aromatic nitrogens is 4. The van der Waals surface area contributed by atoms with Gasteiger partial charge in [-0.1, -0.05) is 47.7 Å². The van der Waals surface area contributed by atoms with Gasteiger partial charge in [0.15, 0.2) is 5.16 Å². The van der Waals surface area contributed by atoms with Crippen molar-refractivity contribution < 1.29 is 4.74 Å². The maximum Gasteiger partial charge on any atom is 0.191 e. The molecule has 30 heavy (non-hydrogen) atoms. The molecule has 0 spiro atoms. The molecule has 1 aliphatic heterocycles. The molecule has 0 saturated carbocycles. The molecule has 1 saturated heterocycles. The molecule has 2 aromatic heterocycles. The van der Waals surface area contributed by atoms with Crippen molar-refractivity contribution in [1.29, 1.82) is 0 Å². The van der Waals surface area contributed by atoms with E-state index in [9.17, 15) is 0 Å². The Kier molecular flexibility index (Phi) is 7.15. The summed E-state index contributed by atoms with van der Waals surface area (Å²) in [5.41, 5.74) is 3.65. The first-order valence-electron chi connectivity index (χ1n) is 10.5. The molecule has 3 aromatic rings. The molecule has 0 bridgehead atoms. The van der Waals surface area contributed by atoms with Gasteiger partial charge in [0.25, 0.3) is 0 Å². The van der Waals surface area contributed by atoms with E-state index < -0.39 is 0 Å². The van der Waals surface area contributed by atoms with Crippen LogP contribution in [0.15, 0.2) is 53.8 Å². The molecule has 0 amide bonds. The summed E-state index contributed by atoms with van der Waals surface area (Å²) in [6.07, 6.45) is 4.31. The molecule has 1 aromatic carbocycles. The average Bonchev–Trinajstić information content (AvgIpc) is 3.38. The third-order valence-electron chi connectivity index (χ3n) is 5.23. The first-order valence-corrected chi connectivity index (χ1v) is 11.5. The van der Waals surface area contributed by atoms with Gasteiger partial charge in [0.05, 0.1) is 24.9 Å². The number of aryl methyl sites for hydroxylation is 1. The van der Waals surface area contributed by atoms with Crippen LogP contribution >= 0.6 is 11.8 Å². The average molecular weight is 424 g/mol. The third kappa shape index (κ3) is 5.68. The van der Waals surface area contributed by atoms with E-state index in [0.29, 0.717) is 0 Å². The zero-order chi connectivity index (χ0) is 20.8. The molecule has 1 aliphatic rings. The maximum atomic E-state index is 5.90. The van der Waals surface area contributed by atoms with Crippen LogP contribution in [-0.4, -0.2) is 44.4 Å². The Morgan fingerprint density at radius 3 is 2.87 bits per heavy atom. The van der Waals surface area contributed by atoms with Crippen molar-refractivity contribution in [2.75, 3.05) is 13.7 Å². The highest BCUT2D eigenvalue weighted by Gasteiger charge is 2.21. The van der Waals surface area contributed by atoms with Crippen LogP contribution in [0.3, 0.4) is 0 Å². The minimum absolute atomic E-state index is 0.246. The van der Waals surface area contributed by atoms with Gasteiger partial charge < -0.3 is 9.30 Å². The van der Waals surface area contributed by atoms with Gasteiger partial charge >= 0.3 is 0 Å². The first kappa shape index (κ1) is 21.0. The maximum absolute atomic E-state index is 5.90. The van der Waals surface area contributed by atoms with Crippen molar-refractivity contribution in [2.45, 2.75) is 56.4 Å². The lowest BCUT2D eigenvalue weighted by atomic mass is 10.1. The molecule has 6 nitrogen and oxygen atoms in total. The predicted molar refractivity (Wildman–Crippen MR) is 119 cm³/mol. The minimum atomic E-state index is 0.246. The van der Waals surface area contributed by atoms with Crippen molar-refractivity contribution in [3.05, 3.63) is 71.3 Å². The molecule has 0 unspecified atom stereocenters. The van der Waals surface area contributed by atoms with E-state index in [2.05, 4.69) is 62.9 Å². The van der Waals surface area contributed by atoms with E-state index in [0.717, 1.165) is 61.5 Å². The van der Waals surface area contributed by atoms with E-state index in [1.54, 1.807) is 11.8 Å². The summed E-state index contributed by atoms with van der Waals surface area (Å²) in [4.78, 5) is 6.71. The summed E-state index contributed by atoms with van der Waals surface area (Å²) in [7, 11) is 2.13. The van der Waals surface area contributed by atoms with Crippen molar-refractivity contribution in [1.82, 2.24) is 24.6 Å². The summed E-state index contributed by atoms with van der Waals surface area (Å²) in [6.45, 7) is 5.42. The molecule has 1 atom stereocenters. The van der Waals surface area contributed by atoms with Crippen LogP contribution in [0.4, 0.5) is 0 Å². The van der Waals surface area contributed by atoms with Crippen molar-refractivity contribution >= 4 is 11.8 Å². The summed E-state index contributed by atoms with van der Waals surface area (Å²) < 4.78 is 8.15. The number of thioether (sulfide) groups is 1. The largest absolute Gasteiger partial charge is 0.376 e. The standard InChI is InChI=1S/C23H29N5OS/c1-18-7-5-8-19(13-18)14-27(2)16-22-25-26-23(28(22)15-21-10-6-12-29-21)30-17-20-9-3-4-11-24-20/h3-5,7-9,11,13,21H,6,10,12,14-17H2,1-2H3/t21-/m0/s1. The van der Waals surface area contributed by atoms with Crippen LogP contribution in [0.1, 0.15) is 35.5 Å². The van der Waals surface area contributed by atoms with Gasteiger partial charge in [0, 0.05) is 25.1 Å². The fourth-order valence-electron chi connectivity index (χ4n) is 3.76. The fourth-order valence-corrected chi connectivity index (χ4v) is 4.64. The SMILES string of the molecule is Cc1cccc(CN(C)Cc2nnc(SCc3ccccn3)n2C[C@@H]2CCCO2)c1. The van der Waals surface area contributed by atoms with Crippen LogP contribution in [0.2, 0.25) is 0 Å². The van der Waals surface area contributed by atoms with Crippen LogP contribution in [-0.2, 0) is 30.1 Å². The number of hydrogen-bond acceptors (Lipinski definition) is 6. The van der Waals surface area contributed by atoms with E-state index in [1.165, 1.54) is 11.1 Å². The van der Waals surface area contributed by atoms with Crippen LogP contribution in [0.25, 0.3) is 0 Å². The number of nitrogens with zero attached hydrogens (tertiary/aromatic N) is 5. The Bertz CT molecular complexity index is 940. The highest BCUT2D eigenvalue weighted by molar-refractivity contribution is 7.98. The summed E-state index contributed by atoms with van der Waals surface area (Å²) in [5, 5.41) is 10.00. The molecule has 0 N–H and O–H groups in total. The number of ether oxygens (including phenoxy) is 1. The smallest absolute Gasteiger partial charge is 0.191 e. The molecule has 0 radical (unpaired) electrons. The zero-order valence-corrected chi connectivity index (χ0v) is 18.5. The lowest BCUT2D eigenvalue weighted by Gasteiger charge is -2.19. The van der Waals surface area contributed by atoms with Gasteiger partial charge in [-0.25, -0.2) is 0 Å². The molecule has 4 rings (SSSR count). The lowest BCUT2D eigenvalue weighted by Crippen LogP contribution is -2.23. The second-order valence-electron chi connectivity index (χ2n) is 7.92. The predicted octanol–water partition coefficient (Wildman–Crippen LogP) is 4.08. The Hall–Kier alpha value is -2.22. The quantitative estimate of drug-likeness (QED) is 0.483. The Morgan fingerprint density at radius 1 is 1.17 bits per heavy atom. The zero-order valence-electron chi connectivity index (χ0n) is 17.7. The van der Waals surface area contributed by atoms with Crippen LogP contribution in [0, 0.1) is 6.92 Å². The summed E-state index contributed by atoms with van der Waals surface area (Å²) in [5.74, 6) is 1.77. The van der Waals surface area contributed by atoms with Gasteiger partial charge in [0.2, 0.25) is 0 Å². The second-order valence-corrected chi connectivity index (χ2v) is 8.86. The molecular formula is C23H29N5OS. The van der Waals surface area contributed by atoms with Gasteiger partial charge in [-0.3, -0.25) is 9.88 Å². The number of hydrogen-bond donors (Lipinski definition) is 0. The second kappa shape index (κ2) is 10.2. The molecular weight excluding hydrogens is 394 g/mol. The molecule has 0 aliphatic carbocycles. The van der Waals surface area contributed by atoms with Crippen molar-refractivity contribution in [3.63, 3.8) is 0 Å². The Balaban J connectivity index is 1.47. The van der Waals surface area contributed by atoms with E-state index in [1.807, 2.05) is 24.4 Å². The highest BCUT2D eigenvalue weighted by atomic mass is 32.2. The minimum Gasteiger partial charge on any atom is -0.376 e. The molecule has 158 valence electrons. The molecule has 7 heteroatoms. The van der Waals surface area contributed by atoms with Crippen LogP contribution < -0.4 is 0 Å². The van der Waals surface area contributed by atoms with E-state index >= 15 is 0 Å². The normalized spacial score (nSPS) is 16.4. The van der Waals surface area contributed by atoms with Crippen molar-refractivity contribution in [2.24, 2.45) is 0 Å². The van der Waals surface area contributed by atoms with E-state index in [-0.39, 0.29) is 6.10 Å². The van der Waals surface area contributed by atoms with E-state index in [4.69, 9.17) is 4.74 Å². The number of pyridine rings is 1. The van der Waals surface area contributed by atoms with Crippen LogP contribution in [0.5, 0.6) is 0 Å². The monoisotopic (exact) mass is 423 g/mol. The van der Waals surface area contributed by atoms with Gasteiger partial charge in [0.1, 0.15) is 5.82 Å². The topological polar surface area (TPSA) is 56.1 Å². The van der Waals surface area contributed by atoms with Gasteiger partial charge in [-0.05, 0) is 44.5 Å². The summed E-state index contributed by atoms with van der Waals surface area (Å²) >= 11 is 1.69. The molecule has 1 fully saturated rings. The van der Waals surface area contributed by atoms with Gasteiger partial charge in [-0.2, -0.15) is 0 Å². The van der Waals surface area contributed by atoms with Crippen molar-refractivity contribution in [3.8, 4) is 0 Å². The molecule has 3 heterocycles. The number of rotatable bonds is 9. The first-order chi connectivity index (χ1) is 14.7. The number of benzene rings is 1. The lowest BCUT2D eigenvalue weighted by molar-refractivity contribution is 0.0934. The fraction of sp³-hybridized carbons (Fsp3) is 0.435. The highest BCUT2D eigenvalue weighted by Crippen LogP contribution is 2.24.